The van der Waals surface area contributed by atoms with Gasteiger partial charge in [0.15, 0.2) is 5.84 Å². The van der Waals surface area contributed by atoms with E-state index in [-0.39, 0.29) is 5.84 Å². The number of hydrogen-bond acceptors (Lipinski definition) is 4. The lowest BCUT2D eigenvalue weighted by Crippen LogP contribution is -2.19. The highest BCUT2D eigenvalue weighted by Crippen LogP contribution is 2.05. The van der Waals surface area contributed by atoms with Gasteiger partial charge in [-0.3, -0.25) is 4.68 Å². The molecule has 2 rings (SSSR count). The molecule has 0 aliphatic rings. The molecule has 0 atom stereocenters. The molecule has 0 spiro atoms. The number of aromatic nitrogens is 4. The maximum atomic E-state index is 8.63. The second-order valence-electron chi connectivity index (χ2n) is 3.31. The van der Waals surface area contributed by atoms with Crippen molar-refractivity contribution in [2.45, 2.75) is 6.54 Å². The van der Waals surface area contributed by atoms with Crippen LogP contribution in [-0.2, 0) is 13.6 Å². The van der Waals surface area contributed by atoms with Crippen LogP contribution in [-0.4, -0.2) is 30.4 Å². The summed E-state index contributed by atoms with van der Waals surface area (Å²) in [5, 5.41) is 15.6. The second-order valence-corrected chi connectivity index (χ2v) is 3.31. The predicted octanol–water partition coefficient (Wildman–Crippen LogP) is -0.241. The second kappa shape index (κ2) is 4.05. The number of hydrogen-bond donors (Lipinski definition) is 2. The lowest BCUT2D eigenvalue weighted by atomic mass is 10.4. The van der Waals surface area contributed by atoms with Crippen molar-refractivity contribution in [3.05, 3.63) is 36.2 Å². The van der Waals surface area contributed by atoms with Crippen LogP contribution in [0.1, 0.15) is 11.5 Å². The van der Waals surface area contributed by atoms with E-state index in [0.29, 0.717) is 12.2 Å². The number of nitrogens with two attached hydrogens (primary N) is 1. The molecule has 0 radical (unpaired) electrons. The fourth-order valence-electron chi connectivity index (χ4n) is 1.45. The van der Waals surface area contributed by atoms with Gasteiger partial charge in [-0.15, -0.1) is 0 Å². The van der Waals surface area contributed by atoms with Gasteiger partial charge in [-0.05, 0) is 12.1 Å². The van der Waals surface area contributed by atoms with Gasteiger partial charge in [-0.1, -0.05) is 5.16 Å². The molecule has 0 unspecified atom stereocenters. The van der Waals surface area contributed by atoms with Crippen LogP contribution >= 0.6 is 0 Å². The van der Waals surface area contributed by atoms with Crippen molar-refractivity contribution in [3.63, 3.8) is 0 Å². The molecule has 2 aromatic heterocycles. The van der Waals surface area contributed by atoms with Gasteiger partial charge < -0.3 is 15.5 Å². The zero-order valence-corrected chi connectivity index (χ0v) is 8.78. The number of oxime groups is 1. The SMILES string of the molecule is Cn1ncnc1Cn1cccc1/C(N)=N/O. The molecular formula is C9H12N6O. The third kappa shape index (κ3) is 1.74. The van der Waals surface area contributed by atoms with Crippen molar-refractivity contribution in [1.29, 1.82) is 0 Å². The van der Waals surface area contributed by atoms with Crippen molar-refractivity contribution >= 4 is 5.84 Å². The first-order valence-corrected chi connectivity index (χ1v) is 4.68. The summed E-state index contributed by atoms with van der Waals surface area (Å²) in [7, 11) is 1.81. The first kappa shape index (κ1) is 10.2. The minimum Gasteiger partial charge on any atom is -0.409 e. The number of nitrogens with zero attached hydrogens (tertiary/aromatic N) is 5. The Morgan fingerprint density at radius 2 is 2.44 bits per heavy atom. The quantitative estimate of drug-likeness (QED) is 0.323. The summed E-state index contributed by atoms with van der Waals surface area (Å²) in [6, 6.07) is 3.59. The molecule has 0 bridgehead atoms. The van der Waals surface area contributed by atoms with Crippen molar-refractivity contribution < 1.29 is 5.21 Å². The van der Waals surface area contributed by atoms with Gasteiger partial charge in [-0.2, -0.15) is 5.10 Å². The van der Waals surface area contributed by atoms with E-state index in [2.05, 4.69) is 15.2 Å². The Labute approximate surface area is 91.8 Å². The fourth-order valence-corrected chi connectivity index (χ4v) is 1.45. The van der Waals surface area contributed by atoms with E-state index in [1.807, 2.05) is 23.9 Å². The normalized spacial score (nSPS) is 11.9. The van der Waals surface area contributed by atoms with Crippen LogP contribution in [0.2, 0.25) is 0 Å². The highest BCUT2D eigenvalue weighted by molar-refractivity contribution is 5.95. The van der Waals surface area contributed by atoms with Gasteiger partial charge in [0, 0.05) is 13.2 Å². The molecule has 0 saturated heterocycles. The van der Waals surface area contributed by atoms with E-state index >= 15 is 0 Å². The molecule has 0 amide bonds. The summed E-state index contributed by atoms with van der Waals surface area (Å²) in [6.45, 7) is 0.523. The molecule has 0 aromatic carbocycles. The van der Waals surface area contributed by atoms with Crippen LogP contribution < -0.4 is 5.73 Å². The molecule has 16 heavy (non-hydrogen) atoms. The van der Waals surface area contributed by atoms with Crippen molar-refractivity contribution in [2.24, 2.45) is 17.9 Å². The molecule has 0 fully saturated rings. The fraction of sp³-hybridized carbons (Fsp3) is 0.222. The molecule has 3 N–H and O–H groups in total. The summed E-state index contributed by atoms with van der Waals surface area (Å²) in [5.41, 5.74) is 6.19. The van der Waals surface area contributed by atoms with Crippen LogP contribution in [0.15, 0.2) is 29.8 Å². The third-order valence-electron chi connectivity index (χ3n) is 2.32. The standard InChI is InChI=1S/C9H12N6O/c1-14-8(11-6-12-14)5-15-4-2-3-7(15)9(10)13-16/h2-4,6,16H,5H2,1H3,(H2,10,13). The van der Waals surface area contributed by atoms with Gasteiger partial charge >= 0.3 is 0 Å². The Bertz CT molecular complexity index is 512. The summed E-state index contributed by atoms with van der Waals surface area (Å²) in [4.78, 5) is 4.10. The van der Waals surface area contributed by atoms with Gasteiger partial charge in [0.05, 0.1) is 12.2 Å². The Morgan fingerprint density at radius 1 is 1.62 bits per heavy atom. The predicted molar refractivity (Wildman–Crippen MR) is 57.0 cm³/mol. The maximum Gasteiger partial charge on any atom is 0.186 e. The molecule has 7 heteroatoms. The van der Waals surface area contributed by atoms with Gasteiger partial charge in [0.25, 0.3) is 0 Å². The van der Waals surface area contributed by atoms with Gasteiger partial charge in [0.1, 0.15) is 12.2 Å². The topological polar surface area (TPSA) is 94.2 Å². The largest absolute Gasteiger partial charge is 0.409 e. The molecule has 7 nitrogen and oxygen atoms in total. The average molecular weight is 220 g/mol. The lowest BCUT2D eigenvalue weighted by molar-refractivity contribution is 0.318. The van der Waals surface area contributed by atoms with E-state index < -0.39 is 0 Å². The van der Waals surface area contributed by atoms with E-state index in [1.54, 1.807) is 10.7 Å². The van der Waals surface area contributed by atoms with Crippen molar-refractivity contribution in [1.82, 2.24) is 19.3 Å². The smallest absolute Gasteiger partial charge is 0.186 e. The molecule has 0 aliphatic carbocycles. The van der Waals surface area contributed by atoms with E-state index in [1.165, 1.54) is 6.33 Å². The average Bonchev–Trinajstić information content (AvgIpc) is 2.88. The zero-order chi connectivity index (χ0) is 11.5. The molecule has 0 saturated carbocycles. The van der Waals surface area contributed by atoms with Crippen molar-refractivity contribution in [2.75, 3.05) is 0 Å². The van der Waals surface area contributed by atoms with Gasteiger partial charge in [-0.25, -0.2) is 4.98 Å². The first-order valence-electron chi connectivity index (χ1n) is 4.68. The lowest BCUT2D eigenvalue weighted by Gasteiger charge is -2.06. The molecule has 84 valence electrons. The van der Waals surface area contributed by atoms with E-state index in [9.17, 15) is 0 Å². The van der Waals surface area contributed by atoms with Crippen LogP contribution in [0.25, 0.3) is 0 Å². The van der Waals surface area contributed by atoms with Gasteiger partial charge in [0.2, 0.25) is 0 Å². The summed E-state index contributed by atoms with van der Waals surface area (Å²) < 4.78 is 3.51. The van der Waals surface area contributed by atoms with E-state index in [4.69, 9.17) is 10.9 Å². The van der Waals surface area contributed by atoms with Crippen LogP contribution in [0.5, 0.6) is 0 Å². The molecule has 0 aliphatic heterocycles. The highest BCUT2D eigenvalue weighted by Gasteiger charge is 2.08. The molecule has 2 aromatic rings. The third-order valence-corrected chi connectivity index (χ3v) is 2.32. The summed E-state index contributed by atoms with van der Waals surface area (Å²) in [5.74, 6) is 0.871. The van der Waals surface area contributed by atoms with Crippen LogP contribution in [0, 0.1) is 0 Å². The minimum atomic E-state index is 0.0761. The number of amidine groups is 1. The Hall–Kier alpha value is -2.31. The highest BCUT2D eigenvalue weighted by atomic mass is 16.4. The molecular weight excluding hydrogens is 208 g/mol. The zero-order valence-electron chi connectivity index (χ0n) is 8.78. The number of rotatable bonds is 3. The monoisotopic (exact) mass is 220 g/mol. The Morgan fingerprint density at radius 3 is 3.06 bits per heavy atom. The molecule has 2 heterocycles. The number of aryl methyl sites for hydroxylation is 1. The van der Waals surface area contributed by atoms with Crippen LogP contribution in [0.4, 0.5) is 0 Å². The Balaban J connectivity index is 2.29. The van der Waals surface area contributed by atoms with E-state index in [0.717, 1.165) is 5.82 Å². The first-order chi connectivity index (χ1) is 7.72. The van der Waals surface area contributed by atoms with Crippen molar-refractivity contribution in [3.8, 4) is 0 Å². The Kier molecular flexibility index (Phi) is 2.59. The minimum absolute atomic E-state index is 0.0761. The summed E-state index contributed by atoms with van der Waals surface area (Å²) >= 11 is 0. The maximum absolute atomic E-state index is 8.63. The summed E-state index contributed by atoms with van der Waals surface area (Å²) in [6.07, 6.45) is 3.32. The van der Waals surface area contributed by atoms with Crippen LogP contribution in [0.3, 0.4) is 0 Å².